The number of carboxylic acids is 1. The molecule has 2 rings (SSSR count). The van der Waals surface area contributed by atoms with Crippen LogP contribution in [0.4, 0.5) is 0 Å². The maximum Gasteiger partial charge on any atom is 0.303 e. The van der Waals surface area contributed by atoms with Crippen LogP contribution in [0, 0.1) is 5.92 Å². The maximum atomic E-state index is 10.7. The molecule has 4 nitrogen and oxygen atoms in total. The van der Waals surface area contributed by atoms with Crippen LogP contribution in [0.25, 0.3) is 0 Å². The summed E-state index contributed by atoms with van der Waals surface area (Å²) in [6.45, 7) is 4.36. The summed E-state index contributed by atoms with van der Waals surface area (Å²) in [7, 11) is 2.12. The number of nitrogens with zero attached hydrogens (tertiary/aromatic N) is 2. The van der Waals surface area contributed by atoms with Crippen LogP contribution in [-0.4, -0.2) is 60.1 Å². The molecule has 0 amide bonds. The molecule has 0 radical (unpaired) electrons. The second-order valence-electron chi connectivity index (χ2n) is 4.51. The molecule has 0 aromatic heterocycles. The second-order valence-corrected chi connectivity index (χ2v) is 4.51. The van der Waals surface area contributed by atoms with Crippen LogP contribution in [0.3, 0.4) is 0 Å². The first kappa shape index (κ1) is 9.93. The largest absolute Gasteiger partial charge is 0.481 e. The van der Waals surface area contributed by atoms with Crippen LogP contribution in [0.15, 0.2) is 0 Å². The molecule has 0 aromatic carbocycles. The quantitative estimate of drug-likeness (QED) is 0.683. The normalized spacial score (nSPS) is 34.4. The van der Waals surface area contributed by atoms with E-state index in [-0.39, 0.29) is 0 Å². The van der Waals surface area contributed by atoms with Gasteiger partial charge in [-0.1, -0.05) is 0 Å². The number of hydrogen-bond acceptors (Lipinski definition) is 3. The van der Waals surface area contributed by atoms with Gasteiger partial charge in [0.25, 0.3) is 0 Å². The Balaban J connectivity index is 1.97. The summed E-state index contributed by atoms with van der Waals surface area (Å²) < 4.78 is 0. The van der Waals surface area contributed by atoms with E-state index in [0.29, 0.717) is 18.4 Å². The topological polar surface area (TPSA) is 43.8 Å². The first-order chi connectivity index (χ1) is 6.66. The minimum absolute atomic E-state index is 0.342. The number of likely N-dealkylation sites (N-methyl/N-ethyl adjacent to an activating group) is 1. The molecule has 1 N–H and O–H groups in total. The van der Waals surface area contributed by atoms with E-state index < -0.39 is 5.97 Å². The molecular formula is C10H18N2O2. The lowest BCUT2D eigenvalue weighted by Gasteiger charge is -2.37. The van der Waals surface area contributed by atoms with Crippen molar-refractivity contribution in [3.05, 3.63) is 0 Å². The minimum atomic E-state index is -0.648. The van der Waals surface area contributed by atoms with E-state index in [4.69, 9.17) is 5.11 Å². The molecule has 2 atom stereocenters. The third-order valence-corrected chi connectivity index (χ3v) is 3.50. The molecule has 0 bridgehead atoms. The van der Waals surface area contributed by atoms with Crippen LogP contribution < -0.4 is 0 Å². The Kier molecular flexibility index (Phi) is 2.74. The zero-order chi connectivity index (χ0) is 10.1. The van der Waals surface area contributed by atoms with Crippen molar-refractivity contribution in [2.45, 2.75) is 18.9 Å². The van der Waals surface area contributed by atoms with Gasteiger partial charge < -0.3 is 10.0 Å². The number of fused-ring (bicyclic) bond motifs is 1. The molecule has 4 heteroatoms. The lowest BCUT2D eigenvalue weighted by atomic mass is 9.95. The Morgan fingerprint density at radius 3 is 2.93 bits per heavy atom. The molecule has 2 fully saturated rings. The third-order valence-electron chi connectivity index (χ3n) is 3.50. The van der Waals surface area contributed by atoms with Gasteiger partial charge in [0.15, 0.2) is 0 Å². The Morgan fingerprint density at radius 1 is 1.43 bits per heavy atom. The molecule has 2 aliphatic heterocycles. The average Bonchev–Trinajstić information content (AvgIpc) is 2.47. The van der Waals surface area contributed by atoms with Crippen molar-refractivity contribution in [2.75, 3.05) is 33.2 Å². The third kappa shape index (κ3) is 1.91. The predicted octanol–water partition coefficient (Wildman–Crippen LogP) is 0.0970. The van der Waals surface area contributed by atoms with Crippen molar-refractivity contribution in [1.29, 1.82) is 0 Å². The minimum Gasteiger partial charge on any atom is -0.481 e. The lowest BCUT2D eigenvalue weighted by molar-refractivity contribution is -0.138. The highest BCUT2D eigenvalue weighted by molar-refractivity contribution is 5.67. The van der Waals surface area contributed by atoms with Crippen molar-refractivity contribution in [1.82, 2.24) is 9.80 Å². The molecule has 0 aliphatic carbocycles. The van der Waals surface area contributed by atoms with E-state index in [1.54, 1.807) is 0 Å². The summed E-state index contributed by atoms with van der Waals surface area (Å²) in [4.78, 5) is 15.4. The van der Waals surface area contributed by atoms with E-state index in [9.17, 15) is 4.79 Å². The molecule has 0 aromatic rings. The highest BCUT2D eigenvalue weighted by atomic mass is 16.4. The Bertz CT molecular complexity index is 232. The first-order valence-electron chi connectivity index (χ1n) is 5.31. The Labute approximate surface area is 84.5 Å². The van der Waals surface area contributed by atoms with Crippen LogP contribution in [0.5, 0.6) is 0 Å². The monoisotopic (exact) mass is 198 g/mol. The summed E-state index contributed by atoms with van der Waals surface area (Å²) >= 11 is 0. The highest BCUT2D eigenvalue weighted by Gasteiger charge is 2.37. The van der Waals surface area contributed by atoms with Gasteiger partial charge in [-0.05, 0) is 25.9 Å². The van der Waals surface area contributed by atoms with Crippen LogP contribution >= 0.6 is 0 Å². The number of carboxylic acid groups (broad SMARTS) is 1. The molecule has 0 saturated carbocycles. The molecular weight excluding hydrogens is 180 g/mol. The van der Waals surface area contributed by atoms with Gasteiger partial charge in [-0.15, -0.1) is 0 Å². The van der Waals surface area contributed by atoms with Crippen molar-refractivity contribution in [3.63, 3.8) is 0 Å². The summed E-state index contributed by atoms with van der Waals surface area (Å²) in [6, 6.07) is 0.491. The van der Waals surface area contributed by atoms with Gasteiger partial charge in [0.1, 0.15) is 0 Å². The summed E-state index contributed by atoms with van der Waals surface area (Å²) in [6.07, 6.45) is 1.40. The fourth-order valence-corrected chi connectivity index (χ4v) is 2.70. The number of aliphatic carboxylic acids is 1. The number of carbonyl (C=O) groups is 1. The maximum absolute atomic E-state index is 10.7. The van der Waals surface area contributed by atoms with E-state index in [1.165, 1.54) is 0 Å². The van der Waals surface area contributed by atoms with E-state index in [1.807, 2.05) is 0 Å². The number of rotatable bonds is 2. The summed E-state index contributed by atoms with van der Waals surface area (Å²) in [5.74, 6) is -0.277. The van der Waals surface area contributed by atoms with E-state index in [2.05, 4.69) is 16.8 Å². The fraction of sp³-hybridized carbons (Fsp3) is 0.900. The smallest absolute Gasteiger partial charge is 0.303 e. The molecule has 14 heavy (non-hydrogen) atoms. The molecule has 0 spiro atoms. The van der Waals surface area contributed by atoms with Gasteiger partial charge in [-0.3, -0.25) is 9.69 Å². The number of hydrogen-bond donors (Lipinski definition) is 1. The van der Waals surface area contributed by atoms with Crippen molar-refractivity contribution >= 4 is 5.97 Å². The molecule has 2 heterocycles. The van der Waals surface area contributed by atoms with Crippen molar-refractivity contribution in [3.8, 4) is 0 Å². The molecule has 2 saturated heterocycles. The van der Waals surface area contributed by atoms with E-state index >= 15 is 0 Å². The van der Waals surface area contributed by atoms with Gasteiger partial charge in [0, 0.05) is 32.1 Å². The zero-order valence-electron chi connectivity index (χ0n) is 8.65. The van der Waals surface area contributed by atoms with Gasteiger partial charge >= 0.3 is 5.97 Å². The van der Waals surface area contributed by atoms with E-state index in [0.717, 1.165) is 32.6 Å². The second kappa shape index (κ2) is 3.87. The van der Waals surface area contributed by atoms with Crippen LogP contribution in [-0.2, 0) is 4.79 Å². The van der Waals surface area contributed by atoms with Gasteiger partial charge in [-0.2, -0.15) is 0 Å². The predicted molar refractivity (Wildman–Crippen MR) is 53.2 cm³/mol. The van der Waals surface area contributed by atoms with Crippen LogP contribution in [0.2, 0.25) is 0 Å². The van der Waals surface area contributed by atoms with Crippen LogP contribution in [0.1, 0.15) is 12.8 Å². The van der Waals surface area contributed by atoms with Crippen molar-refractivity contribution < 1.29 is 9.90 Å². The van der Waals surface area contributed by atoms with Gasteiger partial charge in [-0.25, -0.2) is 0 Å². The standard InChI is InChI=1S/C10H18N2O2/c1-11-4-5-12-3-2-8(6-10(13)14)9(12)7-11/h8-9H,2-7H2,1H3,(H,13,14). The molecule has 80 valence electrons. The lowest BCUT2D eigenvalue weighted by Crippen LogP contribution is -2.50. The Hall–Kier alpha value is -0.610. The van der Waals surface area contributed by atoms with Gasteiger partial charge in [0.05, 0.1) is 0 Å². The summed E-state index contributed by atoms with van der Waals surface area (Å²) in [5.41, 5.74) is 0. The Morgan fingerprint density at radius 2 is 2.21 bits per heavy atom. The van der Waals surface area contributed by atoms with Gasteiger partial charge in [0.2, 0.25) is 0 Å². The fourth-order valence-electron chi connectivity index (χ4n) is 2.70. The molecule has 2 aliphatic rings. The zero-order valence-corrected chi connectivity index (χ0v) is 8.65. The van der Waals surface area contributed by atoms with Crippen molar-refractivity contribution in [2.24, 2.45) is 5.92 Å². The average molecular weight is 198 g/mol. The molecule has 2 unspecified atom stereocenters. The number of piperazine rings is 1. The highest BCUT2D eigenvalue weighted by Crippen LogP contribution is 2.29. The SMILES string of the molecule is CN1CCN2CCC(CC(=O)O)C2C1. The first-order valence-corrected chi connectivity index (χ1v) is 5.31. The summed E-state index contributed by atoms with van der Waals surface area (Å²) in [5, 5.41) is 8.80.